The maximum Gasteiger partial charge on any atom is 0.0506 e. The number of benzene rings is 4. The molecule has 0 saturated carbocycles. The Bertz CT molecular complexity index is 1090. The number of hydrogen-bond donors (Lipinski definition) is 1. The highest BCUT2D eigenvalue weighted by Crippen LogP contribution is 2.40. The van der Waals surface area contributed by atoms with E-state index in [0.717, 1.165) is 10.7 Å². The highest BCUT2D eigenvalue weighted by atomic mass is 35.5. The van der Waals surface area contributed by atoms with Crippen LogP contribution in [0.1, 0.15) is 26.3 Å². The predicted octanol–water partition coefficient (Wildman–Crippen LogP) is 7.14. The molecule has 0 heterocycles. The van der Waals surface area contributed by atoms with E-state index in [1.165, 1.54) is 27.2 Å². The Morgan fingerprint density at radius 3 is 1.71 bits per heavy atom. The number of anilines is 2. The van der Waals surface area contributed by atoms with Crippen molar-refractivity contribution in [3.63, 3.8) is 0 Å². The van der Waals surface area contributed by atoms with Gasteiger partial charge in [0.05, 0.1) is 5.69 Å². The van der Waals surface area contributed by atoms with Gasteiger partial charge < -0.3 is 5.32 Å². The summed E-state index contributed by atoms with van der Waals surface area (Å²) in [5, 5.41) is 8.51. The first-order chi connectivity index (χ1) is 14.9. The summed E-state index contributed by atoms with van der Waals surface area (Å²) in [4.78, 5) is 0. The summed E-state index contributed by atoms with van der Waals surface area (Å²) in [6.07, 6.45) is 0. The second-order valence-corrected chi connectivity index (χ2v) is 11.2. The number of para-hydroxylation sites is 1. The van der Waals surface area contributed by atoms with E-state index >= 15 is 0 Å². The molecule has 1 nitrogen and oxygen atoms in total. The monoisotopic (exact) mass is 443 g/mol. The number of halogens is 1. The van der Waals surface area contributed by atoms with E-state index in [1.54, 1.807) is 0 Å². The second-order valence-electron chi connectivity index (χ2n) is 8.59. The van der Waals surface area contributed by atoms with Crippen molar-refractivity contribution in [3.8, 4) is 0 Å². The minimum atomic E-state index is -0.721. The van der Waals surface area contributed by atoms with Gasteiger partial charge in [0.25, 0.3) is 0 Å². The zero-order chi connectivity index (χ0) is 21.8. The molecule has 0 aliphatic carbocycles. The minimum absolute atomic E-state index is 0.000845. The van der Waals surface area contributed by atoms with Gasteiger partial charge in [-0.2, -0.15) is 0 Å². The largest absolute Gasteiger partial charge is 0.355 e. The fraction of sp³-hybridized carbons (Fsp3) is 0.143. The maximum atomic E-state index is 6.14. The van der Waals surface area contributed by atoms with Crippen LogP contribution in [0.2, 0.25) is 5.02 Å². The lowest BCUT2D eigenvalue weighted by Gasteiger charge is -2.29. The van der Waals surface area contributed by atoms with Gasteiger partial charge in [-0.25, -0.2) is 0 Å². The first-order valence-corrected chi connectivity index (χ1v) is 12.2. The van der Waals surface area contributed by atoms with E-state index < -0.39 is 7.92 Å². The molecule has 0 unspecified atom stereocenters. The second kappa shape index (κ2) is 9.27. The topological polar surface area (TPSA) is 12.0 Å². The van der Waals surface area contributed by atoms with Crippen LogP contribution in [0.4, 0.5) is 11.4 Å². The highest BCUT2D eigenvalue weighted by Gasteiger charge is 2.25. The first-order valence-electron chi connectivity index (χ1n) is 10.5. The lowest BCUT2D eigenvalue weighted by Crippen LogP contribution is -2.25. The third-order valence-electron chi connectivity index (χ3n) is 5.23. The Hall–Kier alpha value is -2.60. The molecular weight excluding hydrogens is 417 g/mol. The van der Waals surface area contributed by atoms with Crippen LogP contribution in [0.3, 0.4) is 0 Å². The van der Waals surface area contributed by atoms with Gasteiger partial charge >= 0.3 is 0 Å². The van der Waals surface area contributed by atoms with E-state index in [2.05, 4.69) is 105 Å². The summed E-state index contributed by atoms with van der Waals surface area (Å²) >= 11 is 6.14. The summed E-state index contributed by atoms with van der Waals surface area (Å²) in [5.74, 6) is 0. The van der Waals surface area contributed by atoms with Crippen molar-refractivity contribution in [2.45, 2.75) is 26.2 Å². The lowest BCUT2D eigenvalue weighted by molar-refractivity contribution is 0.593. The van der Waals surface area contributed by atoms with Crippen molar-refractivity contribution in [1.82, 2.24) is 0 Å². The summed E-state index contributed by atoms with van der Waals surface area (Å²) in [5.41, 5.74) is 3.54. The summed E-state index contributed by atoms with van der Waals surface area (Å²) in [6.45, 7) is 6.81. The molecular formula is C28H27ClNP. The molecule has 0 amide bonds. The number of hydrogen-bond acceptors (Lipinski definition) is 1. The van der Waals surface area contributed by atoms with Crippen molar-refractivity contribution in [2.75, 3.05) is 5.32 Å². The van der Waals surface area contributed by atoms with Crippen LogP contribution in [-0.4, -0.2) is 0 Å². The van der Waals surface area contributed by atoms with Crippen molar-refractivity contribution >= 4 is 46.8 Å². The quantitative estimate of drug-likeness (QED) is 0.323. The summed E-state index contributed by atoms with van der Waals surface area (Å²) in [7, 11) is -0.721. The van der Waals surface area contributed by atoms with Crippen molar-refractivity contribution in [1.29, 1.82) is 0 Å². The zero-order valence-electron chi connectivity index (χ0n) is 18.1. The number of rotatable bonds is 5. The van der Waals surface area contributed by atoms with Crippen molar-refractivity contribution in [3.05, 3.63) is 114 Å². The Labute approximate surface area is 191 Å². The van der Waals surface area contributed by atoms with Gasteiger partial charge in [-0.15, -0.1) is 0 Å². The highest BCUT2D eigenvalue weighted by molar-refractivity contribution is 7.80. The molecule has 0 aromatic heterocycles. The molecule has 0 aliphatic heterocycles. The van der Waals surface area contributed by atoms with E-state index in [-0.39, 0.29) is 5.41 Å². The average Bonchev–Trinajstić information content (AvgIpc) is 2.77. The zero-order valence-corrected chi connectivity index (χ0v) is 19.8. The fourth-order valence-corrected chi connectivity index (χ4v) is 6.30. The third-order valence-corrected chi connectivity index (χ3v) is 7.97. The molecule has 31 heavy (non-hydrogen) atoms. The van der Waals surface area contributed by atoms with Gasteiger partial charge in [-0.3, -0.25) is 0 Å². The van der Waals surface area contributed by atoms with Crippen LogP contribution >= 0.6 is 19.5 Å². The smallest absolute Gasteiger partial charge is 0.0506 e. The van der Waals surface area contributed by atoms with Crippen LogP contribution in [0, 0.1) is 0 Å². The summed E-state index contributed by atoms with van der Waals surface area (Å²) in [6, 6.07) is 36.3. The molecule has 4 rings (SSSR count). The van der Waals surface area contributed by atoms with Crippen LogP contribution in [0.25, 0.3) is 0 Å². The van der Waals surface area contributed by atoms with Crippen LogP contribution in [-0.2, 0) is 5.41 Å². The number of nitrogens with one attached hydrogen (secondary N) is 1. The molecule has 0 aliphatic rings. The SMILES string of the molecule is CC(C)(C)c1cccc(P(c2ccccc2)c2ccccc2)c1Nc1ccc(Cl)cc1. The van der Waals surface area contributed by atoms with Gasteiger partial charge in [0, 0.05) is 16.0 Å². The van der Waals surface area contributed by atoms with Crippen molar-refractivity contribution < 1.29 is 0 Å². The first kappa shape index (κ1) is 21.6. The van der Waals surface area contributed by atoms with Crippen LogP contribution < -0.4 is 21.2 Å². The summed E-state index contributed by atoms with van der Waals surface area (Å²) < 4.78 is 0. The molecule has 156 valence electrons. The van der Waals surface area contributed by atoms with Gasteiger partial charge in [-0.1, -0.05) is 111 Å². The standard InChI is InChI=1S/C28H27ClNP/c1-28(2,3)25-15-10-16-26(27(25)30-22-19-17-21(29)18-20-22)31(23-11-6-4-7-12-23)24-13-8-5-9-14-24/h4-20,30H,1-3H3. The Morgan fingerprint density at radius 1 is 0.645 bits per heavy atom. The molecule has 0 radical (unpaired) electrons. The minimum Gasteiger partial charge on any atom is -0.355 e. The molecule has 0 fully saturated rings. The lowest BCUT2D eigenvalue weighted by atomic mass is 9.85. The van der Waals surface area contributed by atoms with E-state index in [1.807, 2.05) is 24.3 Å². The predicted molar refractivity (Wildman–Crippen MR) is 139 cm³/mol. The molecule has 4 aromatic rings. The van der Waals surface area contributed by atoms with Gasteiger partial charge in [0.1, 0.15) is 0 Å². The van der Waals surface area contributed by atoms with E-state index in [9.17, 15) is 0 Å². The van der Waals surface area contributed by atoms with Crippen LogP contribution in [0.15, 0.2) is 103 Å². The Kier molecular flexibility index (Phi) is 6.46. The third kappa shape index (κ3) is 5.01. The Balaban J connectivity index is 1.94. The van der Waals surface area contributed by atoms with Gasteiger partial charge in [0.15, 0.2) is 0 Å². The Morgan fingerprint density at radius 2 is 1.19 bits per heavy atom. The van der Waals surface area contributed by atoms with E-state index in [4.69, 9.17) is 11.6 Å². The normalized spacial score (nSPS) is 11.5. The van der Waals surface area contributed by atoms with E-state index in [0.29, 0.717) is 0 Å². The maximum absolute atomic E-state index is 6.14. The van der Waals surface area contributed by atoms with Gasteiger partial charge in [-0.05, 0) is 53.8 Å². The average molecular weight is 444 g/mol. The molecule has 0 bridgehead atoms. The molecule has 0 spiro atoms. The molecule has 0 saturated heterocycles. The fourth-order valence-electron chi connectivity index (χ4n) is 3.74. The van der Waals surface area contributed by atoms with Crippen molar-refractivity contribution in [2.24, 2.45) is 0 Å². The molecule has 1 N–H and O–H groups in total. The van der Waals surface area contributed by atoms with Gasteiger partial charge in [0.2, 0.25) is 0 Å². The molecule has 4 aromatic carbocycles. The van der Waals surface area contributed by atoms with Crippen LogP contribution in [0.5, 0.6) is 0 Å². The molecule has 3 heteroatoms. The molecule has 0 atom stereocenters.